The Balaban J connectivity index is 1.82. The number of fused-ring (bicyclic) bond motifs is 1. The van der Waals surface area contributed by atoms with Gasteiger partial charge in [-0.3, -0.25) is 24.2 Å². The molecule has 0 bridgehead atoms. The highest BCUT2D eigenvalue weighted by atomic mass is 32.2. The van der Waals surface area contributed by atoms with E-state index in [1.165, 1.54) is 29.2 Å². The van der Waals surface area contributed by atoms with Gasteiger partial charge < -0.3 is 5.11 Å². The summed E-state index contributed by atoms with van der Waals surface area (Å²) in [5.41, 5.74) is 1.42. The van der Waals surface area contributed by atoms with Crippen molar-refractivity contribution < 1.29 is 23.9 Å². The molecule has 2 aliphatic heterocycles. The Morgan fingerprint density at radius 1 is 1.07 bits per heavy atom. The Kier molecular flexibility index (Phi) is 4.48. The van der Waals surface area contributed by atoms with Crippen molar-refractivity contribution in [3.63, 3.8) is 0 Å². The molecule has 140 valence electrons. The molecule has 0 aliphatic carbocycles. The number of amides is 2. The first kappa shape index (κ1) is 18.3. The van der Waals surface area contributed by atoms with Crippen molar-refractivity contribution in [1.82, 2.24) is 0 Å². The smallest absolute Gasteiger partial charge is 0.323 e. The molecule has 2 aliphatic rings. The van der Waals surface area contributed by atoms with E-state index in [1.54, 1.807) is 24.3 Å². The predicted octanol–water partition coefficient (Wildman–Crippen LogP) is 3.03. The van der Waals surface area contributed by atoms with E-state index in [9.17, 15) is 18.8 Å². The second kappa shape index (κ2) is 6.84. The Morgan fingerprint density at radius 3 is 2.43 bits per heavy atom. The van der Waals surface area contributed by atoms with Crippen LogP contribution in [0.25, 0.3) is 5.57 Å². The number of benzene rings is 2. The number of aliphatic carboxylic acids is 1. The largest absolute Gasteiger partial charge is 0.480 e. The summed E-state index contributed by atoms with van der Waals surface area (Å²) in [6, 6.07) is 12.0. The summed E-state index contributed by atoms with van der Waals surface area (Å²) in [6.45, 7) is -0.516. The lowest BCUT2D eigenvalue weighted by Gasteiger charge is -2.14. The Labute approximate surface area is 168 Å². The quantitative estimate of drug-likeness (QED) is 0.615. The van der Waals surface area contributed by atoms with Crippen molar-refractivity contribution in [2.45, 2.75) is 0 Å². The van der Waals surface area contributed by atoms with Gasteiger partial charge >= 0.3 is 5.97 Å². The number of halogens is 1. The zero-order valence-corrected chi connectivity index (χ0v) is 15.7. The van der Waals surface area contributed by atoms with Crippen molar-refractivity contribution in [2.75, 3.05) is 16.3 Å². The second-order valence-corrected chi connectivity index (χ2v) is 7.64. The van der Waals surface area contributed by atoms with Gasteiger partial charge in [-0.25, -0.2) is 4.39 Å². The average molecular weight is 414 g/mol. The van der Waals surface area contributed by atoms with Crippen LogP contribution in [0.5, 0.6) is 0 Å². The monoisotopic (exact) mass is 414 g/mol. The zero-order valence-electron chi connectivity index (χ0n) is 14.1. The number of thioether (sulfide) groups is 1. The number of nitrogens with zero attached hydrogens (tertiary/aromatic N) is 2. The van der Waals surface area contributed by atoms with Crippen LogP contribution in [0, 0.1) is 5.82 Å². The Morgan fingerprint density at radius 2 is 1.75 bits per heavy atom. The molecule has 4 rings (SSSR count). The van der Waals surface area contributed by atoms with E-state index < -0.39 is 30.1 Å². The Hall–Kier alpha value is -3.04. The van der Waals surface area contributed by atoms with Crippen LogP contribution in [-0.2, 0) is 14.4 Å². The summed E-state index contributed by atoms with van der Waals surface area (Å²) in [5.74, 6) is -2.68. The van der Waals surface area contributed by atoms with Crippen LogP contribution in [0.2, 0.25) is 0 Å². The van der Waals surface area contributed by atoms with Crippen LogP contribution in [0.3, 0.4) is 0 Å². The molecule has 0 spiro atoms. The van der Waals surface area contributed by atoms with Gasteiger partial charge in [0, 0.05) is 5.56 Å². The number of para-hydroxylation sites is 1. The number of carbonyl (C=O) groups is 3. The third-order valence-electron chi connectivity index (χ3n) is 4.30. The first-order chi connectivity index (χ1) is 13.4. The molecule has 0 radical (unpaired) electrons. The van der Waals surface area contributed by atoms with Crippen molar-refractivity contribution in [3.05, 3.63) is 64.8 Å². The molecule has 2 aromatic carbocycles. The second-order valence-electron chi connectivity index (χ2n) is 5.99. The summed E-state index contributed by atoms with van der Waals surface area (Å²) >= 11 is 6.27. The normalized spacial score (nSPS) is 18.8. The third kappa shape index (κ3) is 2.88. The molecule has 0 atom stereocenters. The maximum atomic E-state index is 13.2. The fourth-order valence-corrected chi connectivity index (χ4v) is 4.49. The summed E-state index contributed by atoms with van der Waals surface area (Å²) in [5, 5.41) is 9.13. The number of hydrogen-bond acceptors (Lipinski definition) is 5. The highest BCUT2D eigenvalue weighted by molar-refractivity contribution is 8.27. The number of anilines is 2. The van der Waals surface area contributed by atoms with Crippen LogP contribution < -0.4 is 9.80 Å². The van der Waals surface area contributed by atoms with Crippen LogP contribution in [-0.4, -0.2) is 33.8 Å². The lowest BCUT2D eigenvalue weighted by molar-refractivity contribution is -0.136. The third-order valence-corrected chi connectivity index (χ3v) is 5.67. The van der Waals surface area contributed by atoms with Crippen LogP contribution in [0.4, 0.5) is 15.8 Å². The fraction of sp³-hybridized carbons (Fsp3) is 0.0526. The maximum absolute atomic E-state index is 13.2. The van der Waals surface area contributed by atoms with Crippen molar-refractivity contribution in [1.29, 1.82) is 0 Å². The van der Waals surface area contributed by atoms with Gasteiger partial charge in [0.15, 0.2) is 4.32 Å². The topological polar surface area (TPSA) is 77.9 Å². The van der Waals surface area contributed by atoms with Gasteiger partial charge in [-0.1, -0.05) is 42.2 Å². The summed E-state index contributed by atoms with van der Waals surface area (Å²) < 4.78 is 13.4. The average Bonchev–Trinajstić information content (AvgIpc) is 3.09. The molecule has 28 heavy (non-hydrogen) atoms. The molecule has 1 fully saturated rings. The van der Waals surface area contributed by atoms with Gasteiger partial charge in [0.1, 0.15) is 12.4 Å². The van der Waals surface area contributed by atoms with Gasteiger partial charge in [0.2, 0.25) is 0 Å². The molecule has 0 aromatic heterocycles. The number of carboxylic acids is 1. The molecule has 0 unspecified atom stereocenters. The van der Waals surface area contributed by atoms with E-state index in [2.05, 4.69) is 0 Å². The number of rotatable bonds is 3. The van der Waals surface area contributed by atoms with Crippen LogP contribution in [0.1, 0.15) is 5.56 Å². The van der Waals surface area contributed by atoms with Crippen molar-refractivity contribution in [2.24, 2.45) is 0 Å². The SMILES string of the molecule is O=C(O)CN1C(=O)C(=C2SC(=S)N(c3ccc(F)cc3)C2=O)c2ccccc21. The van der Waals surface area contributed by atoms with Crippen LogP contribution in [0.15, 0.2) is 53.4 Å². The predicted molar refractivity (Wildman–Crippen MR) is 107 cm³/mol. The maximum Gasteiger partial charge on any atom is 0.323 e. The van der Waals surface area contributed by atoms with E-state index in [1.807, 2.05) is 0 Å². The summed E-state index contributed by atoms with van der Waals surface area (Å²) in [6.07, 6.45) is 0. The number of thiocarbonyl (C=S) groups is 1. The zero-order chi connectivity index (χ0) is 20.0. The van der Waals surface area contributed by atoms with E-state index in [0.717, 1.165) is 16.7 Å². The highest BCUT2D eigenvalue weighted by Gasteiger charge is 2.42. The molecule has 2 amide bonds. The first-order valence-electron chi connectivity index (χ1n) is 8.07. The summed E-state index contributed by atoms with van der Waals surface area (Å²) in [7, 11) is 0. The van der Waals surface area contributed by atoms with Crippen molar-refractivity contribution in [3.8, 4) is 0 Å². The molecule has 2 heterocycles. The van der Waals surface area contributed by atoms with Crippen LogP contribution >= 0.6 is 24.0 Å². The lowest BCUT2D eigenvalue weighted by Crippen LogP contribution is -2.32. The minimum atomic E-state index is -1.16. The van der Waals surface area contributed by atoms with Gasteiger partial charge in [0.25, 0.3) is 11.8 Å². The van der Waals surface area contributed by atoms with E-state index in [0.29, 0.717) is 16.9 Å². The standard InChI is InChI=1S/C19H11FN2O4S2/c20-10-5-7-11(8-6-10)22-18(26)16(28-19(22)27)15-12-3-1-2-4-13(12)21(17(15)25)9-14(23)24/h1-8H,9H2,(H,23,24). The lowest BCUT2D eigenvalue weighted by atomic mass is 10.1. The fourth-order valence-electron chi connectivity index (χ4n) is 3.12. The molecule has 1 saturated heterocycles. The molecule has 6 nitrogen and oxygen atoms in total. The Bertz CT molecular complexity index is 1080. The highest BCUT2D eigenvalue weighted by Crippen LogP contribution is 2.45. The van der Waals surface area contributed by atoms with E-state index in [4.69, 9.17) is 17.3 Å². The van der Waals surface area contributed by atoms with Gasteiger partial charge in [-0.15, -0.1) is 0 Å². The number of hydrogen-bond donors (Lipinski definition) is 1. The van der Waals surface area contributed by atoms with Gasteiger partial charge in [0.05, 0.1) is 21.9 Å². The van der Waals surface area contributed by atoms with Crippen molar-refractivity contribution >= 4 is 63.0 Å². The molecule has 9 heteroatoms. The molecule has 0 saturated carbocycles. The van der Waals surface area contributed by atoms with Gasteiger partial charge in [-0.2, -0.15) is 0 Å². The molecular formula is C19H11FN2O4S2. The minimum Gasteiger partial charge on any atom is -0.480 e. The summed E-state index contributed by atoms with van der Waals surface area (Å²) in [4.78, 5) is 39.7. The number of carbonyl (C=O) groups excluding carboxylic acids is 2. The first-order valence-corrected chi connectivity index (χ1v) is 9.30. The molecule has 1 N–H and O–H groups in total. The van der Waals surface area contributed by atoms with E-state index >= 15 is 0 Å². The van der Waals surface area contributed by atoms with E-state index in [-0.39, 0.29) is 14.8 Å². The molecular weight excluding hydrogens is 403 g/mol. The minimum absolute atomic E-state index is 0.124. The van der Waals surface area contributed by atoms with Gasteiger partial charge in [-0.05, 0) is 30.3 Å². The molecule has 2 aromatic rings. The number of carboxylic acid groups (broad SMARTS) is 1.